The van der Waals surface area contributed by atoms with Crippen molar-refractivity contribution in [3.63, 3.8) is 0 Å². The first kappa shape index (κ1) is 73.8. The molecule has 1 unspecified atom stereocenters. The molecule has 8 heterocycles. The van der Waals surface area contributed by atoms with E-state index in [-0.39, 0.29) is 143 Å². The van der Waals surface area contributed by atoms with Crippen LogP contribution in [0.25, 0.3) is 44.6 Å². The van der Waals surface area contributed by atoms with Crippen molar-refractivity contribution in [2.75, 3.05) is 88.2 Å². The Morgan fingerprint density at radius 2 is 0.933 bits per heavy atom. The molecule has 1 N–H and O–H groups in total. The Hall–Kier alpha value is -11.4. The average molecular weight is 1430 g/mol. The molecule has 4 aliphatic heterocycles. The molecule has 0 fully saturated rings. The smallest absolute Gasteiger partial charge is 0.415 e. The van der Waals surface area contributed by atoms with Gasteiger partial charge in [0, 0.05) is 139 Å². The number of para-hydroxylation sites is 2. The van der Waals surface area contributed by atoms with E-state index in [0.717, 1.165) is 36.6 Å². The number of cyclic esters (lactones) is 2. The Morgan fingerprint density at radius 3 is 1.34 bits per heavy atom. The van der Waals surface area contributed by atoms with Gasteiger partial charge >= 0.3 is 48.5 Å². The van der Waals surface area contributed by atoms with Gasteiger partial charge in [0.25, 0.3) is 11.1 Å². The summed E-state index contributed by atoms with van der Waals surface area (Å²) in [6.07, 6.45) is -5.74. The summed E-state index contributed by atoms with van der Waals surface area (Å²) in [6.45, 7) is 5.62. The Labute approximate surface area is 597 Å². The first-order valence-corrected chi connectivity index (χ1v) is 33.9. The third kappa shape index (κ3) is 14.8. The summed E-state index contributed by atoms with van der Waals surface area (Å²) in [5.74, 6) is -2.12. The van der Waals surface area contributed by atoms with Gasteiger partial charge in [-0.05, 0) is 82.1 Å². The van der Waals surface area contributed by atoms with Crippen LogP contribution in [0.2, 0.25) is 0 Å². The van der Waals surface area contributed by atoms with Crippen LogP contribution in [-0.2, 0) is 98.3 Å². The molecule has 0 saturated heterocycles. The van der Waals surface area contributed by atoms with Crippen LogP contribution in [0, 0.1) is 6.92 Å². The molecule has 104 heavy (non-hydrogen) atoms. The molecule has 7 aromatic rings. The molecule has 0 spiro atoms. The van der Waals surface area contributed by atoms with Crippen molar-refractivity contribution in [2.24, 2.45) is 0 Å². The van der Waals surface area contributed by atoms with Crippen molar-refractivity contribution < 1.29 is 86.2 Å². The molecule has 3 aromatic carbocycles. The number of aromatic nitrogens is 4. The summed E-state index contributed by atoms with van der Waals surface area (Å²) in [6, 6.07) is 25.5. The van der Waals surface area contributed by atoms with Gasteiger partial charge in [0.05, 0.1) is 70.2 Å². The van der Waals surface area contributed by atoms with Gasteiger partial charge in [0.15, 0.2) is 0 Å². The Bertz CT molecular complexity index is 4530. The number of amides is 6. The number of carbonyl (C=O) groups excluding carboxylic acids is 9. The van der Waals surface area contributed by atoms with Crippen LogP contribution in [0.3, 0.4) is 0 Å². The number of Topliss-reactive ketones (excluding diaryl/α,β-unsaturated/α-hetero) is 1. The van der Waals surface area contributed by atoms with Gasteiger partial charge in [0.1, 0.15) is 38.0 Å². The maximum atomic E-state index is 14.2. The lowest BCUT2D eigenvalue weighted by molar-refractivity contribution is -0.174. The van der Waals surface area contributed by atoms with E-state index in [2.05, 4.69) is 0 Å². The third-order valence-corrected chi connectivity index (χ3v) is 19.2. The van der Waals surface area contributed by atoms with Crippen molar-refractivity contribution in [1.82, 2.24) is 48.5 Å². The highest BCUT2D eigenvalue weighted by Crippen LogP contribution is 2.44. The molecule has 4 aliphatic rings. The molecular formula is C74H82N10O20. The van der Waals surface area contributed by atoms with Crippen LogP contribution < -0.4 is 15.9 Å². The summed E-state index contributed by atoms with van der Waals surface area (Å²) in [7, 11) is 8.45. The fraction of sp³-hybridized carbons (Fsp3) is 0.419. The van der Waals surface area contributed by atoms with Gasteiger partial charge in [-0.3, -0.25) is 14.4 Å². The van der Waals surface area contributed by atoms with Crippen molar-refractivity contribution in [1.29, 1.82) is 0 Å². The number of ether oxygens (including phenoxy) is 8. The second-order valence-electron chi connectivity index (χ2n) is 26.9. The topological polar surface area (TPSA) is 337 Å². The number of ketones is 1. The maximum absolute atomic E-state index is 14.2. The molecular weight excluding hydrogens is 1350 g/mol. The second kappa shape index (κ2) is 29.9. The second-order valence-corrected chi connectivity index (χ2v) is 26.9. The SMILES string of the molecule is CC[C@@]1(OC(=O)N(C)CCN(C)C(=O)OCc2cc(C)cc(COC(=O)N(C)CCN(C)C(=O)O[C@]3(CC)C(=O)OCc4c3cc3n(c4=O)Cc4cc5ccccc5nc4-3)c2OC(=O)N(C)CCN(C)C(=O)OCCC(C)(O)CC(C)=O)C(=O)OCc2c1cc1n(c2=O)Cc2cc3ccccc3nc2-1. The largest absolute Gasteiger partial charge is 0.457 e. The van der Waals surface area contributed by atoms with E-state index in [9.17, 15) is 57.8 Å². The number of fused-ring (bicyclic) bond motifs is 10. The minimum absolute atomic E-state index is 0.00682. The van der Waals surface area contributed by atoms with Crippen LogP contribution in [0.4, 0.5) is 28.8 Å². The number of nitrogens with zero attached hydrogens (tertiary/aromatic N) is 10. The van der Waals surface area contributed by atoms with Crippen LogP contribution >= 0.6 is 0 Å². The van der Waals surface area contributed by atoms with E-state index in [0.29, 0.717) is 39.4 Å². The quantitative estimate of drug-likeness (QED) is 0.0467. The van der Waals surface area contributed by atoms with E-state index in [1.165, 1.54) is 70.8 Å². The number of hydrogen-bond acceptors (Lipinski definition) is 22. The summed E-state index contributed by atoms with van der Waals surface area (Å²) >= 11 is 0. The molecule has 6 amide bonds. The summed E-state index contributed by atoms with van der Waals surface area (Å²) < 4.78 is 49.2. The van der Waals surface area contributed by atoms with Gasteiger partial charge in [-0.15, -0.1) is 0 Å². The van der Waals surface area contributed by atoms with Gasteiger partial charge in [-0.25, -0.2) is 48.3 Å². The number of hydrogen-bond donors (Lipinski definition) is 1. The molecule has 30 heteroatoms. The highest BCUT2D eigenvalue weighted by Gasteiger charge is 2.53. The number of benzene rings is 3. The van der Waals surface area contributed by atoms with Gasteiger partial charge < -0.3 is 81.5 Å². The van der Waals surface area contributed by atoms with Gasteiger partial charge in [-0.2, -0.15) is 0 Å². The van der Waals surface area contributed by atoms with Crippen molar-refractivity contribution in [3.05, 3.63) is 156 Å². The zero-order chi connectivity index (χ0) is 74.9. The summed E-state index contributed by atoms with van der Waals surface area (Å²) in [5, 5.41) is 12.3. The Morgan fingerprint density at radius 1 is 0.548 bits per heavy atom. The van der Waals surface area contributed by atoms with Crippen LogP contribution in [0.15, 0.2) is 94.5 Å². The van der Waals surface area contributed by atoms with E-state index in [1.807, 2.05) is 60.7 Å². The van der Waals surface area contributed by atoms with Crippen molar-refractivity contribution in [2.45, 2.75) is 117 Å². The number of aliphatic hydroxyl groups is 1. The highest BCUT2D eigenvalue weighted by atomic mass is 16.6. The molecule has 548 valence electrons. The highest BCUT2D eigenvalue weighted by molar-refractivity contribution is 5.90. The molecule has 30 nitrogen and oxygen atoms in total. The predicted molar refractivity (Wildman–Crippen MR) is 373 cm³/mol. The van der Waals surface area contributed by atoms with E-state index >= 15 is 0 Å². The normalized spacial score (nSPS) is 16.3. The average Bonchev–Trinajstić information content (AvgIpc) is 1.68. The van der Waals surface area contributed by atoms with Crippen LogP contribution in [0.5, 0.6) is 5.75 Å². The number of esters is 2. The molecule has 4 aromatic heterocycles. The lowest BCUT2D eigenvalue weighted by Gasteiger charge is -2.36. The zero-order valence-corrected chi connectivity index (χ0v) is 59.8. The van der Waals surface area contributed by atoms with Crippen molar-refractivity contribution >= 4 is 76.1 Å². The van der Waals surface area contributed by atoms with Gasteiger partial charge in [0.2, 0.25) is 11.2 Å². The van der Waals surface area contributed by atoms with Crippen LogP contribution in [-0.4, -0.2) is 202 Å². The minimum atomic E-state index is -2.02. The Kier molecular flexibility index (Phi) is 21.2. The van der Waals surface area contributed by atoms with E-state index < -0.39 is 89.6 Å². The van der Waals surface area contributed by atoms with Crippen molar-refractivity contribution in [3.8, 4) is 28.5 Å². The molecule has 0 radical (unpaired) electrons. The lowest BCUT2D eigenvalue weighted by atomic mass is 9.85. The Balaban J connectivity index is 0.742. The molecule has 0 aliphatic carbocycles. The number of pyridine rings is 4. The standard InChI is InChI=1S/C74H82N10O20/c1-12-73(53-34-57-59-47(32-45-18-14-16-20-55(45)75-59)37-83(57)62(86)51(53)41-98-64(73)88)103-70(94)81(10)27-24-78(7)67(91)100-39-49-30-43(3)31-50(61(49)102-69(93)80(9)26-23-77(6)66(90)97-29-22-72(5,96)36-44(4)85)40-101-68(92)79(8)25-28-82(11)71(95)104-74(13-2)54-35-58-60-48(33-46-19-15-17-21-56(46)76-60)38-84(58)63(87)52(54)42-99-65(74)89/h14-21,30-35,96H,12-13,22-29,36-42H2,1-11H3/t72?,73-,74-/m0/s1. The molecule has 3 atom stereocenters. The molecule has 0 bridgehead atoms. The fourth-order valence-corrected chi connectivity index (χ4v) is 13.1. The number of aryl methyl sites for hydroxylation is 1. The number of rotatable bonds is 23. The first-order chi connectivity index (χ1) is 49.5. The number of carbonyl (C=O) groups is 9. The van der Waals surface area contributed by atoms with Gasteiger partial charge in [-0.1, -0.05) is 55.8 Å². The molecule has 11 rings (SSSR count). The van der Waals surface area contributed by atoms with E-state index in [4.69, 9.17) is 47.9 Å². The first-order valence-electron chi connectivity index (χ1n) is 33.9. The fourth-order valence-electron chi connectivity index (χ4n) is 13.1. The predicted octanol–water partition coefficient (Wildman–Crippen LogP) is 8.09. The third-order valence-electron chi connectivity index (χ3n) is 19.2. The summed E-state index contributed by atoms with van der Waals surface area (Å²) in [5.41, 5.74) is 0.361. The van der Waals surface area contributed by atoms with E-state index in [1.54, 1.807) is 54.2 Å². The minimum Gasteiger partial charge on any atom is -0.457 e. The monoisotopic (exact) mass is 1430 g/mol. The zero-order valence-electron chi connectivity index (χ0n) is 59.8. The maximum Gasteiger partial charge on any atom is 0.415 e. The summed E-state index contributed by atoms with van der Waals surface area (Å²) in [4.78, 5) is 167. The molecule has 0 saturated carbocycles. The van der Waals surface area contributed by atoms with Crippen LogP contribution in [0.1, 0.15) is 103 Å². The number of likely N-dealkylation sites (N-methyl/N-ethyl adjacent to an activating group) is 6. The lowest BCUT2D eigenvalue weighted by Crippen LogP contribution is -2.49.